The van der Waals surface area contributed by atoms with Crippen LogP contribution in [0, 0.1) is 11.7 Å². The standard InChI is InChI=1S/C17H27FN2/c1-3-15(13-8-6-5-7-9-13)20-16(4-2)17-11-10-14(18)12-19-17/h10-13,15-16,20H,3-9H2,1-2H3. The fourth-order valence-corrected chi connectivity index (χ4v) is 3.39. The number of nitrogens with one attached hydrogen (secondary N) is 1. The molecule has 1 N–H and O–H groups in total. The Hall–Kier alpha value is -0.960. The van der Waals surface area contributed by atoms with Crippen LogP contribution in [0.5, 0.6) is 0 Å². The van der Waals surface area contributed by atoms with Gasteiger partial charge in [-0.3, -0.25) is 4.98 Å². The average Bonchev–Trinajstić information content (AvgIpc) is 2.51. The van der Waals surface area contributed by atoms with Gasteiger partial charge in [0.2, 0.25) is 0 Å². The van der Waals surface area contributed by atoms with E-state index in [1.165, 1.54) is 44.4 Å². The van der Waals surface area contributed by atoms with Crippen molar-refractivity contribution in [1.82, 2.24) is 10.3 Å². The Morgan fingerprint density at radius 2 is 1.95 bits per heavy atom. The lowest BCUT2D eigenvalue weighted by Gasteiger charge is -2.33. The van der Waals surface area contributed by atoms with Crippen LogP contribution < -0.4 is 5.32 Å². The third-order valence-corrected chi connectivity index (χ3v) is 4.59. The molecule has 2 unspecified atom stereocenters. The lowest BCUT2D eigenvalue weighted by Crippen LogP contribution is -2.39. The van der Waals surface area contributed by atoms with E-state index in [1.54, 1.807) is 0 Å². The largest absolute Gasteiger partial charge is 0.306 e. The van der Waals surface area contributed by atoms with Gasteiger partial charge in [0.15, 0.2) is 0 Å². The van der Waals surface area contributed by atoms with E-state index in [9.17, 15) is 4.39 Å². The van der Waals surface area contributed by atoms with Crippen LogP contribution in [-0.4, -0.2) is 11.0 Å². The molecule has 0 aliphatic heterocycles. The molecule has 0 aromatic carbocycles. The van der Waals surface area contributed by atoms with E-state index >= 15 is 0 Å². The summed E-state index contributed by atoms with van der Waals surface area (Å²) in [6.45, 7) is 4.42. The van der Waals surface area contributed by atoms with Crippen LogP contribution in [0.15, 0.2) is 18.3 Å². The van der Waals surface area contributed by atoms with E-state index in [4.69, 9.17) is 0 Å². The van der Waals surface area contributed by atoms with Crippen molar-refractivity contribution in [3.05, 3.63) is 29.8 Å². The smallest absolute Gasteiger partial charge is 0.141 e. The SMILES string of the molecule is CCC(NC(CC)C1CCCCC1)c1ccc(F)cn1. The van der Waals surface area contributed by atoms with Crippen LogP contribution in [0.25, 0.3) is 0 Å². The van der Waals surface area contributed by atoms with Crippen molar-refractivity contribution >= 4 is 0 Å². The normalized spacial score (nSPS) is 19.8. The van der Waals surface area contributed by atoms with Crippen LogP contribution in [0.2, 0.25) is 0 Å². The molecular weight excluding hydrogens is 251 g/mol. The summed E-state index contributed by atoms with van der Waals surface area (Å²) < 4.78 is 13.0. The summed E-state index contributed by atoms with van der Waals surface area (Å²) in [5, 5.41) is 3.77. The highest BCUT2D eigenvalue weighted by Crippen LogP contribution is 2.29. The number of nitrogens with zero attached hydrogens (tertiary/aromatic N) is 1. The van der Waals surface area contributed by atoms with Gasteiger partial charge in [-0.25, -0.2) is 4.39 Å². The molecule has 0 bridgehead atoms. The van der Waals surface area contributed by atoms with Gasteiger partial charge in [-0.05, 0) is 43.7 Å². The van der Waals surface area contributed by atoms with Gasteiger partial charge in [0, 0.05) is 12.1 Å². The Balaban J connectivity index is 2.01. The maximum absolute atomic E-state index is 13.0. The lowest BCUT2D eigenvalue weighted by atomic mass is 9.82. The van der Waals surface area contributed by atoms with Gasteiger partial charge in [0.25, 0.3) is 0 Å². The number of pyridine rings is 1. The summed E-state index contributed by atoms with van der Waals surface area (Å²) in [5.41, 5.74) is 0.961. The molecular formula is C17H27FN2. The summed E-state index contributed by atoms with van der Waals surface area (Å²) >= 11 is 0. The van der Waals surface area contributed by atoms with E-state index in [0.717, 1.165) is 24.5 Å². The predicted molar refractivity (Wildman–Crippen MR) is 81.0 cm³/mol. The van der Waals surface area contributed by atoms with E-state index in [-0.39, 0.29) is 11.9 Å². The number of hydrogen-bond donors (Lipinski definition) is 1. The summed E-state index contributed by atoms with van der Waals surface area (Å²) in [5.74, 6) is 0.533. The molecule has 0 radical (unpaired) electrons. The van der Waals surface area contributed by atoms with Gasteiger partial charge in [0.1, 0.15) is 5.82 Å². The molecule has 0 saturated heterocycles. The third kappa shape index (κ3) is 4.02. The first-order valence-electron chi connectivity index (χ1n) is 8.12. The first-order valence-corrected chi connectivity index (χ1v) is 8.12. The number of hydrogen-bond acceptors (Lipinski definition) is 2. The van der Waals surface area contributed by atoms with Crippen molar-refractivity contribution < 1.29 is 4.39 Å². The zero-order valence-electron chi connectivity index (χ0n) is 12.7. The Kier molecular flexibility index (Phi) is 5.96. The Labute approximate surface area is 122 Å². The van der Waals surface area contributed by atoms with Crippen molar-refractivity contribution in [2.24, 2.45) is 5.92 Å². The second kappa shape index (κ2) is 7.72. The molecule has 2 nitrogen and oxygen atoms in total. The molecule has 0 spiro atoms. The first kappa shape index (κ1) is 15.4. The molecule has 0 amide bonds. The van der Waals surface area contributed by atoms with Crippen molar-refractivity contribution in [3.63, 3.8) is 0 Å². The fourth-order valence-electron chi connectivity index (χ4n) is 3.39. The zero-order valence-corrected chi connectivity index (χ0v) is 12.7. The number of rotatable bonds is 6. The molecule has 1 fully saturated rings. The molecule has 2 rings (SSSR count). The summed E-state index contributed by atoms with van der Waals surface area (Å²) in [7, 11) is 0. The highest BCUT2D eigenvalue weighted by molar-refractivity contribution is 5.10. The molecule has 1 aromatic rings. The molecule has 1 heterocycles. The van der Waals surface area contributed by atoms with Gasteiger partial charge in [-0.15, -0.1) is 0 Å². The average molecular weight is 278 g/mol. The van der Waals surface area contributed by atoms with Crippen LogP contribution in [-0.2, 0) is 0 Å². The highest BCUT2D eigenvalue weighted by Gasteiger charge is 2.24. The van der Waals surface area contributed by atoms with Gasteiger partial charge in [-0.2, -0.15) is 0 Å². The maximum atomic E-state index is 13.0. The monoisotopic (exact) mass is 278 g/mol. The van der Waals surface area contributed by atoms with Crippen molar-refractivity contribution in [3.8, 4) is 0 Å². The van der Waals surface area contributed by atoms with Crippen LogP contribution in [0.1, 0.15) is 70.5 Å². The molecule has 1 saturated carbocycles. The molecule has 2 atom stereocenters. The maximum Gasteiger partial charge on any atom is 0.141 e. The first-order chi connectivity index (χ1) is 9.74. The Bertz CT molecular complexity index is 384. The minimum absolute atomic E-state index is 0.238. The van der Waals surface area contributed by atoms with E-state index in [1.807, 2.05) is 6.07 Å². The summed E-state index contributed by atoms with van der Waals surface area (Å²) in [6.07, 6.45) is 10.3. The topological polar surface area (TPSA) is 24.9 Å². The van der Waals surface area contributed by atoms with E-state index in [2.05, 4.69) is 24.1 Å². The van der Waals surface area contributed by atoms with Crippen LogP contribution in [0.3, 0.4) is 0 Å². The van der Waals surface area contributed by atoms with Crippen molar-refractivity contribution in [2.45, 2.75) is 70.9 Å². The molecule has 1 aromatic heterocycles. The predicted octanol–water partition coefficient (Wildman–Crippen LogP) is 4.62. The zero-order chi connectivity index (χ0) is 14.4. The van der Waals surface area contributed by atoms with E-state index in [0.29, 0.717) is 6.04 Å². The number of halogens is 1. The molecule has 3 heteroatoms. The molecule has 20 heavy (non-hydrogen) atoms. The summed E-state index contributed by atoms with van der Waals surface area (Å²) in [6, 6.07) is 4.12. The third-order valence-electron chi connectivity index (χ3n) is 4.59. The summed E-state index contributed by atoms with van der Waals surface area (Å²) in [4.78, 5) is 4.24. The van der Waals surface area contributed by atoms with Gasteiger partial charge >= 0.3 is 0 Å². The van der Waals surface area contributed by atoms with E-state index < -0.39 is 0 Å². The fraction of sp³-hybridized carbons (Fsp3) is 0.706. The van der Waals surface area contributed by atoms with Crippen molar-refractivity contribution in [2.75, 3.05) is 0 Å². The quantitative estimate of drug-likeness (QED) is 0.821. The lowest BCUT2D eigenvalue weighted by molar-refractivity contribution is 0.242. The van der Waals surface area contributed by atoms with Gasteiger partial charge in [-0.1, -0.05) is 33.1 Å². The minimum atomic E-state index is -0.261. The molecule has 112 valence electrons. The molecule has 1 aliphatic carbocycles. The second-order valence-electron chi connectivity index (χ2n) is 5.94. The highest BCUT2D eigenvalue weighted by atomic mass is 19.1. The minimum Gasteiger partial charge on any atom is -0.306 e. The molecule has 1 aliphatic rings. The van der Waals surface area contributed by atoms with Crippen molar-refractivity contribution in [1.29, 1.82) is 0 Å². The Morgan fingerprint density at radius 3 is 2.50 bits per heavy atom. The second-order valence-corrected chi connectivity index (χ2v) is 5.94. The van der Waals surface area contributed by atoms with Gasteiger partial charge < -0.3 is 5.32 Å². The number of aromatic nitrogens is 1. The van der Waals surface area contributed by atoms with Crippen LogP contribution >= 0.6 is 0 Å². The van der Waals surface area contributed by atoms with Crippen LogP contribution in [0.4, 0.5) is 4.39 Å². The van der Waals surface area contributed by atoms with Gasteiger partial charge in [0.05, 0.1) is 11.9 Å². The Morgan fingerprint density at radius 1 is 1.20 bits per heavy atom.